The fourth-order valence-corrected chi connectivity index (χ4v) is 2.82. The van der Waals surface area contributed by atoms with Crippen LogP contribution in [0.5, 0.6) is 5.75 Å². The number of nitrogens with one attached hydrogen (secondary N) is 3. The van der Waals surface area contributed by atoms with Crippen molar-refractivity contribution in [3.05, 3.63) is 56.9 Å². The van der Waals surface area contributed by atoms with Gasteiger partial charge in [0.05, 0.1) is 16.1 Å². The highest BCUT2D eigenvalue weighted by atomic mass is 35.5. The number of esters is 1. The summed E-state index contributed by atoms with van der Waals surface area (Å²) in [5.74, 6) is -0.998. The number of amides is 1. The number of carbonyl (C=O) groups is 2. The molecule has 2 aromatic carbocycles. The van der Waals surface area contributed by atoms with E-state index in [-0.39, 0.29) is 16.5 Å². The fourth-order valence-electron chi connectivity index (χ4n) is 2.37. The minimum atomic E-state index is -0.979. The smallest absolute Gasteiger partial charge is 0.347 e. The first-order valence-electron chi connectivity index (χ1n) is 8.12. The molecule has 8 nitrogen and oxygen atoms in total. The van der Waals surface area contributed by atoms with Gasteiger partial charge in [-0.2, -0.15) is 0 Å². The number of H-pyrrole nitrogens is 2. The average molecular weight is 424 g/mol. The number of carbonyl (C=O) groups excluding carboxylic acids is 2. The summed E-state index contributed by atoms with van der Waals surface area (Å²) >= 11 is 11.8. The number of fused-ring (bicyclic) bond motifs is 1. The van der Waals surface area contributed by atoms with Crippen molar-refractivity contribution in [2.75, 3.05) is 11.9 Å². The van der Waals surface area contributed by atoms with Crippen LogP contribution >= 0.6 is 23.2 Å². The molecule has 0 fully saturated rings. The minimum Gasteiger partial charge on any atom is -0.477 e. The highest BCUT2D eigenvalue weighted by Gasteiger charge is 2.19. The van der Waals surface area contributed by atoms with Crippen molar-refractivity contribution in [3.63, 3.8) is 0 Å². The Kier molecular flexibility index (Phi) is 5.91. The van der Waals surface area contributed by atoms with Gasteiger partial charge in [-0.15, -0.1) is 0 Å². The molecule has 0 aliphatic heterocycles. The fraction of sp³-hybridized carbons (Fsp3) is 0.167. The van der Waals surface area contributed by atoms with Crippen LogP contribution < -0.4 is 15.7 Å². The molecule has 10 heteroatoms. The van der Waals surface area contributed by atoms with Crippen LogP contribution in [0.3, 0.4) is 0 Å². The number of hydrogen-bond acceptors (Lipinski definition) is 5. The van der Waals surface area contributed by atoms with Gasteiger partial charge < -0.3 is 24.8 Å². The van der Waals surface area contributed by atoms with Crippen LogP contribution in [0.25, 0.3) is 11.0 Å². The molecule has 0 radical (unpaired) electrons. The van der Waals surface area contributed by atoms with Gasteiger partial charge in [0, 0.05) is 10.7 Å². The van der Waals surface area contributed by atoms with Crippen LogP contribution in [0.2, 0.25) is 10.0 Å². The molecule has 0 unspecified atom stereocenters. The number of aromatic nitrogens is 2. The van der Waals surface area contributed by atoms with E-state index in [9.17, 15) is 14.4 Å². The quantitative estimate of drug-likeness (QED) is 0.527. The molecular weight excluding hydrogens is 409 g/mol. The van der Waals surface area contributed by atoms with E-state index in [4.69, 9.17) is 32.7 Å². The lowest BCUT2D eigenvalue weighted by Gasteiger charge is -2.15. The third-order valence-corrected chi connectivity index (χ3v) is 4.21. The van der Waals surface area contributed by atoms with Gasteiger partial charge in [-0.1, -0.05) is 23.2 Å². The van der Waals surface area contributed by atoms with Crippen LogP contribution in [-0.2, 0) is 14.3 Å². The number of anilines is 1. The molecule has 0 aliphatic carbocycles. The van der Waals surface area contributed by atoms with Crippen LogP contribution in [0.1, 0.15) is 6.92 Å². The Hall–Kier alpha value is -2.97. The topological polar surface area (TPSA) is 113 Å². The van der Waals surface area contributed by atoms with Crippen molar-refractivity contribution in [2.45, 2.75) is 13.0 Å². The van der Waals surface area contributed by atoms with E-state index < -0.39 is 24.6 Å². The molecule has 1 heterocycles. The van der Waals surface area contributed by atoms with Crippen LogP contribution in [-0.4, -0.2) is 34.6 Å². The lowest BCUT2D eigenvalue weighted by Crippen LogP contribution is -2.29. The van der Waals surface area contributed by atoms with Crippen molar-refractivity contribution in [3.8, 4) is 5.75 Å². The first kappa shape index (κ1) is 19.8. The highest BCUT2D eigenvalue weighted by Crippen LogP contribution is 2.28. The van der Waals surface area contributed by atoms with Crippen molar-refractivity contribution in [1.29, 1.82) is 0 Å². The summed E-state index contributed by atoms with van der Waals surface area (Å²) in [6.45, 7) is 0.976. The van der Waals surface area contributed by atoms with E-state index in [2.05, 4.69) is 15.3 Å². The standard InChI is InChI=1S/C18H15Cl2N3O5/c1-9(28-15-5-2-10(19)6-12(15)20)17(25)27-8-16(24)21-11-3-4-13-14(7-11)23-18(26)22-13/h2-7,9H,8H2,1H3,(H,21,24)(H2,22,23,26)/t9-/m1/s1. The van der Waals surface area contributed by atoms with Crippen LogP contribution in [0.4, 0.5) is 5.69 Å². The van der Waals surface area contributed by atoms with E-state index in [0.29, 0.717) is 21.7 Å². The monoisotopic (exact) mass is 423 g/mol. The lowest BCUT2D eigenvalue weighted by atomic mass is 10.3. The minimum absolute atomic E-state index is 0.253. The summed E-state index contributed by atoms with van der Waals surface area (Å²) in [7, 11) is 0. The summed E-state index contributed by atoms with van der Waals surface area (Å²) in [4.78, 5) is 40.4. The van der Waals surface area contributed by atoms with Gasteiger partial charge in [-0.05, 0) is 43.3 Å². The predicted octanol–water partition coefficient (Wildman–Crippen LogP) is 3.11. The van der Waals surface area contributed by atoms with Gasteiger partial charge in [-0.3, -0.25) is 4.79 Å². The number of aromatic amines is 2. The van der Waals surface area contributed by atoms with Crippen molar-refractivity contribution < 1.29 is 19.1 Å². The van der Waals surface area contributed by atoms with Crippen LogP contribution in [0.15, 0.2) is 41.2 Å². The highest BCUT2D eigenvalue weighted by molar-refractivity contribution is 6.35. The molecule has 0 saturated heterocycles. The van der Waals surface area contributed by atoms with E-state index in [1.807, 2.05) is 0 Å². The second kappa shape index (κ2) is 8.37. The number of benzene rings is 2. The zero-order valence-electron chi connectivity index (χ0n) is 14.5. The second-order valence-corrected chi connectivity index (χ2v) is 6.67. The maximum atomic E-state index is 12.0. The number of halogens is 2. The van der Waals surface area contributed by atoms with E-state index in [1.165, 1.54) is 19.1 Å². The zero-order chi connectivity index (χ0) is 20.3. The molecule has 0 saturated carbocycles. The summed E-state index contributed by atoms with van der Waals surface area (Å²) in [5.41, 5.74) is 1.26. The third-order valence-electron chi connectivity index (χ3n) is 3.67. The van der Waals surface area contributed by atoms with Crippen molar-refractivity contribution in [1.82, 2.24) is 9.97 Å². The Balaban J connectivity index is 1.52. The zero-order valence-corrected chi connectivity index (χ0v) is 16.1. The maximum absolute atomic E-state index is 12.0. The van der Waals surface area contributed by atoms with E-state index >= 15 is 0 Å². The Bertz CT molecular complexity index is 1090. The predicted molar refractivity (Wildman–Crippen MR) is 105 cm³/mol. The molecule has 0 aliphatic rings. The lowest BCUT2D eigenvalue weighted by molar-refractivity contribution is -0.153. The summed E-state index contributed by atoms with van der Waals surface area (Å²) in [6, 6.07) is 9.42. The Morgan fingerprint density at radius 1 is 1.11 bits per heavy atom. The van der Waals surface area contributed by atoms with Crippen molar-refractivity contribution in [2.24, 2.45) is 0 Å². The molecule has 3 aromatic rings. The number of hydrogen-bond donors (Lipinski definition) is 3. The molecule has 3 N–H and O–H groups in total. The van der Waals surface area contributed by atoms with Gasteiger partial charge in [0.25, 0.3) is 5.91 Å². The Labute approximate surface area is 168 Å². The van der Waals surface area contributed by atoms with Gasteiger partial charge in [0.15, 0.2) is 12.7 Å². The molecule has 3 rings (SSSR count). The number of imidazole rings is 1. The first-order valence-corrected chi connectivity index (χ1v) is 8.87. The van der Waals surface area contributed by atoms with E-state index in [0.717, 1.165) is 0 Å². The van der Waals surface area contributed by atoms with Gasteiger partial charge >= 0.3 is 11.7 Å². The average Bonchev–Trinajstić information content (AvgIpc) is 3.01. The summed E-state index contributed by atoms with van der Waals surface area (Å²) < 4.78 is 10.4. The van der Waals surface area contributed by atoms with Crippen molar-refractivity contribution >= 4 is 51.8 Å². The molecule has 28 heavy (non-hydrogen) atoms. The normalized spacial score (nSPS) is 11.8. The Morgan fingerprint density at radius 2 is 1.86 bits per heavy atom. The SMILES string of the molecule is C[C@@H](Oc1ccc(Cl)cc1Cl)C(=O)OCC(=O)Nc1ccc2[nH]c(=O)[nH]c2c1. The van der Waals surface area contributed by atoms with Gasteiger partial charge in [-0.25, -0.2) is 9.59 Å². The van der Waals surface area contributed by atoms with Gasteiger partial charge in [0.2, 0.25) is 0 Å². The first-order chi connectivity index (χ1) is 13.3. The number of ether oxygens (including phenoxy) is 2. The molecule has 1 atom stereocenters. The van der Waals surface area contributed by atoms with E-state index in [1.54, 1.807) is 24.3 Å². The molecular formula is C18H15Cl2N3O5. The largest absolute Gasteiger partial charge is 0.477 e. The molecule has 146 valence electrons. The van der Waals surface area contributed by atoms with Gasteiger partial charge in [0.1, 0.15) is 5.75 Å². The number of rotatable bonds is 6. The molecule has 0 bridgehead atoms. The third kappa shape index (κ3) is 4.85. The summed E-state index contributed by atoms with van der Waals surface area (Å²) in [6.07, 6.45) is -0.979. The molecule has 1 amide bonds. The Morgan fingerprint density at radius 3 is 2.61 bits per heavy atom. The maximum Gasteiger partial charge on any atom is 0.347 e. The summed E-state index contributed by atoms with van der Waals surface area (Å²) in [5, 5.41) is 3.26. The molecule has 1 aromatic heterocycles. The van der Waals surface area contributed by atoms with Crippen LogP contribution in [0, 0.1) is 0 Å². The molecule has 0 spiro atoms. The second-order valence-electron chi connectivity index (χ2n) is 5.83.